The van der Waals surface area contributed by atoms with E-state index >= 15 is 0 Å². The van der Waals surface area contributed by atoms with E-state index in [9.17, 15) is 9.59 Å². The first-order chi connectivity index (χ1) is 13.5. The van der Waals surface area contributed by atoms with E-state index in [-0.39, 0.29) is 17.5 Å². The van der Waals surface area contributed by atoms with E-state index < -0.39 is 5.91 Å². The molecule has 0 aliphatic carbocycles. The highest BCUT2D eigenvalue weighted by Crippen LogP contribution is 2.28. The van der Waals surface area contributed by atoms with Crippen molar-refractivity contribution in [2.45, 2.75) is 18.6 Å². The van der Waals surface area contributed by atoms with Crippen LogP contribution in [0.15, 0.2) is 40.7 Å². The van der Waals surface area contributed by atoms with Gasteiger partial charge in [-0.3, -0.25) is 14.2 Å². The Hall–Kier alpha value is -3.14. The summed E-state index contributed by atoms with van der Waals surface area (Å²) in [6.45, 7) is 1.78. The number of aromatic nitrogens is 4. The standard InChI is InChI=1S/C18H19N5O4S/c1-4-28-18-19-8-12-16(22-18)20-10-23(17(12)25)9-15(24)21-13-6-5-11(26-2)7-14(13)27-3/h5-8,10H,4,9H2,1-3H3,(H,21,24). The summed E-state index contributed by atoms with van der Waals surface area (Å²) >= 11 is 1.46. The highest BCUT2D eigenvalue weighted by molar-refractivity contribution is 7.99. The molecule has 146 valence electrons. The van der Waals surface area contributed by atoms with Crippen LogP contribution < -0.4 is 20.3 Å². The first-order valence-electron chi connectivity index (χ1n) is 8.42. The lowest BCUT2D eigenvalue weighted by Gasteiger charge is -2.12. The number of amides is 1. The van der Waals surface area contributed by atoms with E-state index in [1.54, 1.807) is 25.3 Å². The van der Waals surface area contributed by atoms with E-state index in [2.05, 4.69) is 20.3 Å². The van der Waals surface area contributed by atoms with Crippen molar-refractivity contribution in [2.24, 2.45) is 0 Å². The lowest BCUT2D eigenvalue weighted by Crippen LogP contribution is -2.28. The van der Waals surface area contributed by atoms with Crippen LogP contribution in [0.25, 0.3) is 11.0 Å². The molecule has 0 aliphatic rings. The molecule has 0 unspecified atom stereocenters. The molecule has 0 radical (unpaired) electrons. The van der Waals surface area contributed by atoms with E-state index in [1.807, 2.05) is 6.92 Å². The second-order valence-corrected chi connectivity index (χ2v) is 6.85. The van der Waals surface area contributed by atoms with Crippen molar-refractivity contribution in [1.29, 1.82) is 0 Å². The quantitative estimate of drug-likeness (QED) is 0.473. The lowest BCUT2D eigenvalue weighted by molar-refractivity contribution is -0.116. The number of nitrogens with zero attached hydrogens (tertiary/aromatic N) is 4. The highest BCUT2D eigenvalue weighted by atomic mass is 32.2. The predicted molar refractivity (Wildman–Crippen MR) is 106 cm³/mol. The van der Waals surface area contributed by atoms with Gasteiger partial charge in [0.15, 0.2) is 10.8 Å². The average molecular weight is 401 g/mol. The van der Waals surface area contributed by atoms with Crippen LogP contribution in [0.5, 0.6) is 11.5 Å². The SMILES string of the molecule is CCSc1ncc2c(=O)n(CC(=O)Nc3ccc(OC)cc3OC)cnc2n1. The van der Waals surface area contributed by atoms with E-state index in [1.165, 1.54) is 36.0 Å². The molecule has 0 spiro atoms. The molecule has 9 nitrogen and oxygen atoms in total. The molecule has 28 heavy (non-hydrogen) atoms. The molecule has 2 aromatic heterocycles. The predicted octanol–water partition coefficient (Wildman–Crippen LogP) is 1.95. The Labute approximate surface area is 165 Å². The maximum atomic E-state index is 12.6. The van der Waals surface area contributed by atoms with Gasteiger partial charge in [0.05, 0.1) is 19.9 Å². The van der Waals surface area contributed by atoms with Crippen LogP contribution in [-0.2, 0) is 11.3 Å². The summed E-state index contributed by atoms with van der Waals surface area (Å²) in [6.07, 6.45) is 2.75. The molecule has 1 amide bonds. The maximum Gasteiger partial charge on any atom is 0.264 e. The van der Waals surface area contributed by atoms with Crippen LogP contribution in [0.4, 0.5) is 5.69 Å². The molecular weight excluding hydrogens is 382 g/mol. The molecule has 10 heteroatoms. The fourth-order valence-corrected chi connectivity index (χ4v) is 3.03. The second kappa shape index (κ2) is 8.70. The highest BCUT2D eigenvalue weighted by Gasteiger charge is 2.13. The Kier molecular flexibility index (Phi) is 6.09. The Balaban J connectivity index is 1.80. The molecule has 2 heterocycles. The molecule has 0 fully saturated rings. The van der Waals surface area contributed by atoms with Crippen LogP contribution in [0.2, 0.25) is 0 Å². The molecule has 0 atom stereocenters. The van der Waals surface area contributed by atoms with Gasteiger partial charge in [-0.25, -0.2) is 15.0 Å². The Morgan fingerprint density at radius 3 is 2.79 bits per heavy atom. The van der Waals surface area contributed by atoms with Gasteiger partial charge in [-0.15, -0.1) is 0 Å². The van der Waals surface area contributed by atoms with Gasteiger partial charge in [-0.2, -0.15) is 0 Å². The summed E-state index contributed by atoms with van der Waals surface area (Å²) < 4.78 is 11.6. The summed E-state index contributed by atoms with van der Waals surface area (Å²) in [5.74, 6) is 1.47. The van der Waals surface area contributed by atoms with Crippen molar-refractivity contribution in [3.8, 4) is 11.5 Å². The minimum Gasteiger partial charge on any atom is -0.497 e. The monoisotopic (exact) mass is 401 g/mol. The zero-order valence-corrected chi connectivity index (χ0v) is 16.4. The number of hydrogen-bond acceptors (Lipinski definition) is 8. The second-order valence-electron chi connectivity index (χ2n) is 5.61. The van der Waals surface area contributed by atoms with E-state index in [0.717, 1.165) is 5.75 Å². The Morgan fingerprint density at radius 1 is 1.25 bits per heavy atom. The largest absolute Gasteiger partial charge is 0.497 e. The summed E-state index contributed by atoms with van der Waals surface area (Å²) in [6, 6.07) is 5.02. The van der Waals surface area contributed by atoms with Crippen molar-refractivity contribution < 1.29 is 14.3 Å². The number of nitrogens with one attached hydrogen (secondary N) is 1. The minimum atomic E-state index is -0.397. The third kappa shape index (κ3) is 4.22. The van der Waals surface area contributed by atoms with Crippen LogP contribution in [0.1, 0.15) is 6.92 Å². The van der Waals surface area contributed by atoms with E-state index in [4.69, 9.17) is 9.47 Å². The van der Waals surface area contributed by atoms with Crippen LogP contribution in [-0.4, -0.2) is 45.4 Å². The number of ether oxygens (including phenoxy) is 2. The Morgan fingerprint density at radius 2 is 2.07 bits per heavy atom. The van der Waals surface area contributed by atoms with Crippen molar-refractivity contribution in [3.05, 3.63) is 41.1 Å². The first kappa shape index (κ1) is 19.6. The van der Waals surface area contributed by atoms with Gasteiger partial charge in [0.1, 0.15) is 29.8 Å². The lowest BCUT2D eigenvalue weighted by atomic mass is 10.2. The summed E-state index contributed by atoms with van der Waals surface area (Å²) in [5.41, 5.74) is 0.402. The first-order valence-corrected chi connectivity index (χ1v) is 9.41. The molecule has 1 N–H and O–H groups in total. The van der Waals surface area contributed by atoms with Crippen LogP contribution in [0.3, 0.4) is 0 Å². The average Bonchev–Trinajstić information content (AvgIpc) is 2.70. The topological polar surface area (TPSA) is 108 Å². The molecule has 0 bridgehead atoms. The third-order valence-corrected chi connectivity index (χ3v) is 4.57. The van der Waals surface area contributed by atoms with Gasteiger partial charge in [-0.1, -0.05) is 18.7 Å². The third-order valence-electron chi connectivity index (χ3n) is 3.83. The maximum absolute atomic E-state index is 12.6. The van der Waals surface area contributed by atoms with Crippen molar-refractivity contribution in [3.63, 3.8) is 0 Å². The molecular formula is C18H19N5O4S. The number of carbonyl (C=O) groups excluding carboxylic acids is 1. The number of carbonyl (C=O) groups is 1. The van der Waals surface area contributed by atoms with Crippen molar-refractivity contribution >= 4 is 34.4 Å². The van der Waals surface area contributed by atoms with E-state index in [0.29, 0.717) is 28.0 Å². The molecule has 3 rings (SSSR count). The zero-order chi connectivity index (χ0) is 20.1. The summed E-state index contributed by atoms with van der Waals surface area (Å²) in [7, 11) is 3.03. The molecule has 3 aromatic rings. The summed E-state index contributed by atoms with van der Waals surface area (Å²) in [5, 5.41) is 3.54. The van der Waals surface area contributed by atoms with Gasteiger partial charge in [0.25, 0.3) is 5.56 Å². The van der Waals surface area contributed by atoms with Gasteiger partial charge >= 0.3 is 0 Å². The molecule has 0 aliphatic heterocycles. The minimum absolute atomic E-state index is 0.206. The van der Waals surface area contributed by atoms with Crippen LogP contribution in [0, 0.1) is 0 Å². The Bertz CT molecular complexity index is 1070. The van der Waals surface area contributed by atoms with Crippen molar-refractivity contribution in [2.75, 3.05) is 25.3 Å². The molecule has 1 aromatic carbocycles. The number of anilines is 1. The number of hydrogen-bond donors (Lipinski definition) is 1. The summed E-state index contributed by atoms with van der Waals surface area (Å²) in [4.78, 5) is 37.6. The van der Waals surface area contributed by atoms with Gasteiger partial charge in [0.2, 0.25) is 5.91 Å². The van der Waals surface area contributed by atoms with Gasteiger partial charge in [-0.05, 0) is 17.9 Å². The fourth-order valence-electron chi connectivity index (χ4n) is 2.50. The van der Waals surface area contributed by atoms with Crippen molar-refractivity contribution in [1.82, 2.24) is 19.5 Å². The van der Waals surface area contributed by atoms with Gasteiger partial charge < -0.3 is 14.8 Å². The fraction of sp³-hybridized carbons (Fsp3) is 0.278. The molecule has 0 saturated heterocycles. The number of benzene rings is 1. The number of thioether (sulfide) groups is 1. The number of methoxy groups -OCH3 is 2. The normalized spacial score (nSPS) is 10.7. The smallest absolute Gasteiger partial charge is 0.264 e. The number of rotatable bonds is 7. The van der Waals surface area contributed by atoms with Gasteiger partial charge in [0, 0.05) is 12.3 Å². The molecule has 0 saturated carbocycles. The zero-order valence-electron chi connectivity index (χ0n) is 15.6. The van der Waals surface area contributed by atoms with Crippen LogP contribution >= 0.6 is 11.8 Å². The number of fused-ring (bicyclic) bond motifs is 1.